The second kappa shape index (κ2) is 6.78. The number of nitrogens with zero attached hydrogens (tertiary/aromatic N) is 1. The minimum atomic E-state index is -4.38. The number of hydrogen-bond donors (Lipinski definition) is 1. The van der Waals surface area contributed by atoms with Crippen molar-refractivity contribution >= 4 is 17.2 Å². The number of benzene rings is 1. The number of halogens is 3. The van der Waals surface area contributed by atoms with Crippen molar-refractivity contribution in [3.05, 3.63) is 45.9 Å². The van der Waals surface area contributed by atoms with Crippen LogP contribution in [0.3, 0.4) is 0 Å². The van der Waals surface area contributed by atoms with E-state index >= 15 is 0 Å². The molecule has 0 aliphatic heterocycles. The number of aryl methyl sites for hydroxylation is 1. The van der Waals surface area contributed by atoms with Crippen molar-refractivity contribution in [3.8, 4) is 5.75 Å². The lowest BCUT2D eigenvalue weighted by molar-refractivity contribution is -0.153. The van der Waals surface area contributed by atoms with Crippen LogP contribution in [0.1, 0.15) is 21.1 Å². The van der Waals surface area contributed by atoms with E-state index in [1.165, 1.54) is 23.5 Å². The van der Waals surface area contributed by atoms with Crippen LogP contribution < -0.4 is 10.1 Å². The van der Waals surface area contributed by atoms with Gasteiger partial charge in [0.2, 0.25) is 0 Å². The Morgan fingerprint density at radius 3 is 2.82 bits per heavy atom. The van der Waals surface area contributed by atoms with Gasteiger partial charge < -0.3 is 10.1 Å². The van der Waals surface area contributed by atoms with Gasteiger partial charge in [-0.25, -0.2) is 4.98 Å². The molecule has 1 aromatic heterocycles. The second-order valence-electron chi connectivity index (χ2n) is 4.49. The zero-order chi connectivity index (χ0) is 16.2. The van der Waals surface area contributed by atoms with Crippen LogP contribution in [-0.2, 0) is 6.54 Å². The van der Waals surface area contributed by atoms with Gasteiger partial charge in [-0.3, -0.25) is 4.79 Å². The summed E-state index contributed by atoms with van der Waals surface area (Å²) in [6.45, 7) is 0.627. The Balaban J connectivity index is 1.91. The number of aromatic nitrogens is 1. The van der Waals surface area contributed by atoms with Gasteiger partial charge in [0.1, 0.15) is 11.4 Å². The van der Waals surface area contributed by atoms with Crippen molar-refractivity contribution in [3.63, 3.8) is 0 Å². The molecule has 22 heavy (non-hydrogen) atoms. The van der Waals surface area contributed by atoms with Crippen LogP contribution >= 0.6 is 11.3 Å². The lowest BCUT2D eigenvalue weighted by Crippen LogP contribution is -2.23. The molecule has 1 N–H and O–H groups in total. The highest BCUT2D eigenvalue weighted by Gasteiger charge is 2.28. The molecule has 1 heterocycles. The summed E-state index contributed by atoms with van der Waals surface area (Å²) in [7, 11) is 0. The summed E-state index contributed by atoms with van der Waals surface area (Å²) >= 11 is 1.37. The van der Waals surface area contributed by atoms with Gasteiger partial charge in [-0.15, -0.1) is 11.3 Å². The van der Waals surface area contributed by atoms with Gasteiger partial charge in [-0.05, 0) is 24.6 Å². The Kier molecular flexibility index (Phi) is 5.02. The monoisotopic (exact) mass is 330 g/mol. The first-order chi connectivity index (χ1) is 10.3. The minimum absolute atomic E-state index is 0.105. The number of hydrogen-bond acceptors (Lipinski definition) is 4. The molecule has 1 aromatic carbocycles. The van der Waals surface area contributed by atoms with Crippen LogP contribution in [0.2, 0.25) is 0 Å². The predicted molar refractivity (Wildman–Crippen MR) is 76.0 cm³/mol. The fourth-order valence-electron chi connectivity index (χ4n) is 1.65. The maximum absolute atomic E-state index is 12.1. The van der Waals surface area contributed by atoms with E-state index < -0.39 is 12.8 Å². The number of thiazole rings is 1. The number of carbonyl (C=O) groups excluding carboxylic acids is 1. The largest absolute Gasteiger partial charge is 0.484 e. The number of rotatable bonds is 5. The summed E-state index contributed by atoms with van der Waals surface area (Å²) < 4.78 is 40.9. The molecular formula is C14H13F3N2O2S. The van der Waals surface area contributed by atoms with E-state index in [0.717, 1.165) is 5.01 Å². The third kappa shape index (κ3) is 5.03. The van der Waals surface area contributed by atoms with Crippen LogP contribution in [-0.4, -0.2) is 23.7 Å². The number of ether oxygens (including phenoxy) is 1. The standard InChI is InChI=1S/C14H13F3N2O2S/c1-9-19-12(7-22-9)13(20)18-6-10-3-2-4-11(5-10)21-8-14(15,16)17/h2-5,7H,6,8H2,1H3,(H,18,20). The van der Waals surface area contributed by atoms with E-state index in [4.69, 9.17) is 0 Å². The smallest absolute Gasteiger partial charge is 0.422 e. The highest BCUT2D eigenvalue weighted by molar-refractivity contribution is 7.09. The first-order valence-electron chi connectivity index (χ1n) is 6.32. The summed E-state index contributed by atoms with van der Waals surface area (Å²) in [6, 6.07) is 6.15. The van der Waals surface area contributed by atoms with E-state index in [1.54, 1.807) is 24.4 Å². The van der Waals surface area contributed by atoms with E-state index in [9.17, 15) is 18.0 Å². The zero-order valence-electron chi connectivity index (χ0n) is 11.6. The molecule has 0 saturated carbocycles. The second-order valence-corrected chi connectivity index (χ2v) is 5.55. The van der Waals surface area contributed by atoms with Crippen LogP contribution in [0.5, 0.6) is 5.75 Å². The Morgan fingerprint density at radius 2 is 2.18 bits per heavy atom. The molecule has 0 fully saturated rings. The molecule has 0 spiro atoms. The Morgan fingerprint density at radius 1 is 1.41 bits per heavy atom. The minimum Gasteiger partial charge on any atom is -0.484 e. The molecule has 118 valence electrons. The third-order valence-electron chi connectivity index (χ3n) is 2.61. The van der Waals surface area contributed by atoms with Gasteiger partial charge >= 0.3 is 6.18 Å². The topological polar surface area (TPSA) is 51.2 Å². The van der Waals surface area contributed by atoms with Crippen LogP contribution in [0.25, 0.3) is 0 Å². The summed E-state index contributed by atoms with van der Waals surface area (Å²) in [5, 5.41) is 5.09. The number of amides is 1. The summed E-state index contributed by atoms with van der Waals surface area (Å²) in [4.78, 5) is 15.9. The SMILES string of the molecule is Cc1nc(C(=O)NCc2cccc(OCC(F)(F)F)c2)cs1. The van der Waals surface area contributed by atoms with E-state index in [-0.39, 0.29) is 18.2 Å². The van der Waals surface area contributed by atoms with Gasteiger partial charge in [0.25, 0.3) is 5.91 Å². The quantitative estimate of drug-likeness (QED) is 0.915. The Bertz CT molecular complexity index is 656. The molecular weight excluding hydrogens is 317 g/mol. The molecule has 2 aromatic rings. The highest BCUT2D eigenvalue weighted by Crippen LogP contribution is 2.19. The van der Waals surface area contributed by atoms with Crippen molar-refractivity contribution in [2.24, 2.45) is 0 Å². The molecule has 0 radical (unpaired) electrons. The van der Waals surface area contributed by atoms with Crippen molar-refractivity contribution in [1.29, 1.82) is 0 Å². The number of carbonyl (C=O) groups is 1. The molecule has 0 aliphatic carbocycles. The molecule has 0 atom stereocenters. The molecule has 0 saturated heterocycles. The van der Waals surface area contributed by atoms with Crippen LogP contribution in [0, 0.1) is 6.92 Å². The first kappa shape index (κ1) is 16.3. The van der Waals surface area contributed by atoms with Gasteiger partial charge in [-0.2, -0.15) is 13.2 Å². The molecule has 4 nitrogen and oxygen atoms in total. The molecule has 0 bridgehead atoms. The fraction of sp³-hybridized carbons (Fsp3) is 0.286. The van der Waals surface area contributed by atoms with E-state index in [0.29, 0.717) is 11.3 Å². The third-order valence-corrected chi connectivity index (χ3v) is 3.38. The average Bonchev–Trinajstić information content (AvgIpc) is 2.89. The van der Waals surface area contributed by atoms with Crippen molar-refractivity contribution in [1.82, 2.24) is 10.3 Å². The van der Waals surface area contributed by atoms with Crippen LogP contribution in [0.4, 0.5) is 13.2 Å². The number of nitrogens with one attached hydrogen (secondary N) is 1. The maximum Gasteiger partial charge on any atom is 0.422 e. The van der Waals surface area contributed by atoms with Gasteiger partial charge in [0, 0.05) is 11.9 Å². The van der Waals surface area contributed by atoms with Gasteiger partial charge in [0.15, 0.2) is 6.61 Å². The summed E-state index contributed by atoms with van der Waals surface area (Å²) in [6.07, 6.45) is -4.38. The van der Waals surface area contributed by atoms with E-state index in [1.807, 2.05) is 0 Å². The normalized spacial score (nSPS) is 11.3. The first-order valence-corrected chi connectivity index (χ1v) is 7.20. The Hall–Kier alpha value is -2.09. The average molecular weight is 330 g/mol. The molecule has 0 aliphatic rings. The number of alkyl halides is 3. The maximum atomic E-state index is 12.1. The molecule has 2 rings (SSSR count). The molecule has 1 amide bonds. The molecule has 0 unspecified atom stereocenters. The Labute approximate surface area is 128 Å². The lowest BCUT2D eigenvalue weighted by Gasteiger charge is -2.10. The van der Waals surface area contributed by atoms with Gasteiger partial charge in [-0.1, -0.05) is 12.1 Å². The summed E-state index contributed by atoms with van der Waals surface area (Å²) in [5.74, 6) is -0.223. The predicted octanol–water partition coefficient (Wildman–Crippen LogP) is 3.32. The lowest BCUT2D eigenvalue weighted by atomic mass is 10.2. The fourth-order valence-corrected chi connectivity index (χ4v) is 2.24. The highest BCUT2D eigenvalue weighted by atomic mass is 32.1. The molecule has 8 heteroatoms. The van der Waals surface area contributed by atoms with Crippen LogP contribution in [0.15, 0.2) is 29.6 Å². The van der Waals surface area contributed by atoms with Crippen molar-refractivity contribution in [2.75, 3.05) is 6.61 Å². The van der Waals surface area contributed by atoms with E-state index in [2.05, 4.69) is 15.0 Å². The zero-order valence-corrected chi connectivity index (χ0v) is 12.4. The summed E-state index contributed by atoms with van der Waals surface area (Å²) in [5.41, 5.74) is 0.965. The van der Waals surface area contributed by atoms with Gasteiger partial charge in [0.05, 0.1) is 5.01 Å². The van der Waals surface area contributed by atoms with Crippen molar-refractivity contribution in [2.45, 2.75) is 19.6 Å². The van der Waals surface area contributed by atoms with Crippen molar-refractivity contribution < 1.29 is 22.7 Å².